The van der Waals surface area contributed by atoms with Crippen LogP contribution in [-0.2, 0) is 6.42 Å². The standard InChI is InChI=1S/C18H33N5O.HI/c1-13(2)17-21-16(24-22-17)10-11-20-18(19-4)23(5)12-15-8-6-14(3)7-9-15;/h13-15H,6-12H2,1-5H3,(H,19,20);1H. The number of hydrogen-bond donors (Lipinski definition) is 1. The van der Waals surface area contributed by atoms with Gasteiger partial charge in [0.15, 0.2) is 11.8 Å². The number of aromatic nitrogens is 2. The quantitative estimate of drug-likeness (QED) is 0.396. The first-order valence-corrected chi connectivity index (χ1v) is 9.23. The lowest BCUT2D eigenvalue weighted by molar-refractivity contribution is 0.250. The van der Waals surface area contributed by atoms with E-state index in [0.29, 0.717) is 18.2 Å². The summed E-state index contributed by atoms with van der Waals surface area (Å²) in [4.78, 5) is 11.0. The summed E-state index contributed by atoms with van der Waals surface area (Å²) < 4.78 is 5.28. The zero-order chi connectivity index (χ0) is 17.5. The molecule has 7 heteroatoms. The molecule has 144 valence electrons. The zero-order valence-corrected chi connectivity index (χ0v) is 18.6. The first-order chi connectivity index (χ1) is 11.5. The normalized spacial score (nSPS) is 21.1. The number of hydrogen-bond acceptors (Lipinski definition) is 4. The largest absolute Gasteiger partial charge is 0.356 e. The van der Waals surface area contributed by atoms with Crippen molar-refractivity contribution in [3.05, 3.63) is 11.7 Å². The van der Waals surface area contributed by atoms with Gasteiger partial charge in [0.05, 0.1) is 0 Å². The zero-order valence-electron chi connectivity index (χ0n) is 16.3. The molecule has 1 aromatic rings. The second-order valence-electron chi connectivity index (χ2n) is 7.43. The maximum Gasteiger partial charge on any atom is 0.228 e. The van der Waals surface area contributed by atoms with Crippen LogP contribution in [0.15, 0.2) is 9.52 Å². The molecule has 1 N–H and O–H groups in total. The van der Waals surface area contributed by atoms with Gasteiger partial charge in [-0.1, -0.05) is 38.8 Å². The Morgan fingerprint density at radius 3 is 2.56 bits per heavy atom. The van der Waals surface area contributed by atoms with Gasteiger partial charge in [0, 0.05) is 39.5 Å². The van der Waals surface area contributed by atoms with Crippen LogP contribution in [0.2, 0.25) is 0 Å². The van der Waals surface area contributed by atoms with E-state index in [1.165, 1.54) is 25.7 Å². The predicted octanol–water partition coefficient (Wildman–Crippen LogP) is 3.69. The Hall–Kier alpha value is -0.860. The molecule has 1 saturated carbocycles. The topological polar surface area (TPSA) is 66.5 Å². The molecule has 0 aromatic carbocycles. The number of rotatable bonds is 6. The minimum Gasteiger partial charge on any atom is -0.356 e. The van der Waals surface area contributed by atoms with Gasteiger partial charge in [0.2, 0.25) is 5.89 Å². The van der Waals surface area contributed by atoms with Crippen LogP contribution in [-0.4, -0.2) is 48.2 Å². The third-order valence-electron chi connectivity index (χ3n) is 4.86. The van der Waals surface area contributed by atoms with E-state index >= 15 is 0 Å². The Bertz CT molecular complexity index is 523. The molecule has 1 fully saturated rings. The van der Waals surface area contributed by atoms with E-state index in [2.05, 4.69) is 53.2 Å². The van der Waals surface area contributed by atoms with Crippen molar-refractivity contribution >= 4 is 29.9 Å². The Morgan fingerprint density at radius 1 is 1.32 bits per heavy atom. The highest BCUT2D eigenvalue weighted by atomic mass is 127. The summed E-state index contributed by atoms with van der Waals surface area (Å²) in [5.74, 6) is 4.39. The molecule has 1 heterocycles. The SMILES string of the molecule is CN=C(NCCc1nc(C(C)C)no1)N(C)CC1CCC(C)CC1.I. The lowest BCUT2D eigenvalue weighted by Crippen LogP contribution is -2.42. The molecule has 0 unspecified atom stereocenters. The van der Waals surface area contributed by atoms with Gasteiger partial charge < -0.3 is 14.7 Å². The van der Waals surface area contributed by atoms with Crippen molar-refractivity contribution in [2.45, 2.75) is 58.8 Å². The lowest BCUT2D eigenvalue weighted by atomic mass is 9.83. The summed E-state index contributed by atoms with van der Waals surface area (Å²) >= 11 is 0. The van der Waals surface area contributed by atoms with E-state index in [9.17, 15) is 0 Å². The highest BCUT2D eigenvalue weighted by molar-refractivity contribution is 14.0. The van der Waals surface area contributed by atoms with Crippen LogP contribution < -0.4 is 5.32 Å². The molecule has 2 rings (SSSR count). The van der Waals surface area contributed by atoms with Gasteiger partial charge in [0.25, 0.3) is 0 Å². The second-order valence-corrected chi connectivity index (χ2v) is 7.43. The molecule has 0 amide bonds. The van der Waals surface area contributed by atoms with Gasteiger partial charge in [-0.05, 0) is 24.7 Å². The molecule has 0 aliphatic heterocycles. The molecule has 0 bridgehead atoms. The van der Waals surface area contributed by atoms with Gasteiger partial charge in [-0.3, -0.25) is 4.99 Å². The Balaban J connectivity index is 0.00000312. The molecule has 1 aromatic heterocycles. The highest BCUT2D eigenvalue weighted by Crippen LogP contribution is 2.28. The molecular formula is C18H34IN5O. The van der Waals surface area contributed by atoms with E-state index in [1.54, 1.807) is 0 Å². The van der Waals surface area contributed by atoms with Crippen LogP contribution in [0.1, 0.15) is 64.1 Å². The summed E-state index contributed by atoms with van der Waals surface area (Å²) in [5.41, 5.74) is 0. The summed E-state index contributed by atoms with van der Waals surface area (Å²) in [5, 5.41) is 7.40. The number of nitrogens with zero attached hydrogens (tertiary/aromatic N) is 4. The molecular weight excluding hydrogens is 429 g/mol. The predicted molar refractivity (Wildman–Crippen MR) is 113 cm³/mol. The lowest BCUT2D eigenvalue weighted by Gasteiger charge is -2.31. The Morgan fingerprint density at radius 2 is 2.00 bits per heavy atom. The van der Waals surface area contributed by atoms with Crippen LogP contribution in [0.3, 0.4) is 0 Å². The fraction of sp³-hybridized carbons (Fsp3) is 0.833. The molecule has 0 atom stereocenters. The summed E-state index contributed by atoms with van der Waals surface area (Å²) in [6, 6.07) is 0. The molecule has 1 aliphatic rings. The van der Waals surface area contributed by atoms with E-state index in [1.807, 2.05) is 7.05 Å². The van der Waals surface area contributed by atoms with E-state index in [-0.39, 0.29) is 24.0 Å². The van der Waals surface area contributed by atoms with Gasteiger partial charge in [0.1, 0.15) is 0 Å². The summed E-state index contributed by atoms with van der Waals surface area (Å²) in [6.07, 6.45) is 6.11. The minimum absolute atomic E-state index is 0. The summed E-state index contributed by atoms with van der Waals surface area (Å²) in [7, 11) is 3.96. The molecule has 0 saturated heterocycles. The third-order valence-corrected chi connectivity index (χ3v) is 4.86. The average molecular weight is 463 g/mol. The molecule has 0 spiro atoms. The van der Waals surface area contributed by atoms with Crippen molar-refractivity contribution in [1.82, 2.24) is 20.4 Å². The smallest absolute Gasteiger partial charge is 0.228 e. The highest BCUT2D eigenvalue weighted by Gasteiger charge is 2.20. The van der Waals surface area contributed by atoms with Crippen molar-refractivity contribution in [3.63, 3.8) is 0 Å². The van der Waals surface area contributed by atoms with E-state index < -0.39 is 0 Å². The number of halogens is 1. The molecule has 0 radical (unpaired) electrons. The van der Waals surface area contributed by atoms with E-state index in [4.69, 9.17) is 4.52 Å². The molecule has 6 nitrogen and oxygen atoms in total. The Kier molecular flexibility index (Phi) is 9.74. The van der Waals surface area contributed by atoms with Crippen molar-refractivity contribution < 1.29 is 4.52 Å². The van der Waals surface area contributed by atoms with Crippen LogP contribution in [0.4, 0.5) is 0 Å². The third kappa shape index (κ3) is 7.11. The molecule has 1 aliphatic carbocycles. The van der Waals surface area contributed by atoms with Crippen LogP contribution in [0.5, 0.6) is 0 Å². The fourth-order valence-electron chi connectivity index (χ4n) is 3.26. The van der Waals surface area contributed by atoms with Crippen molar-refractivity contribution in [2.24, 2.45) is 16.8 Å². The van der Waals surface area contributed by atoms with Crippen LogP contribution in [0, 0.1) is 11.8 Å². The maximum atomic E-state index is 5.28. The van der Waals surface area contributed by atoms with Gasteiger partial charge in [-0.2, -0.15) is 4.98 Å². The van der Waals surface area contributed by atoms with Crippen molar-refractivity contribution in [3.8, 4) is 0 Å². The monoisotopic (exact) mass is 463 g/mol. The van der Waals surface area contributed by atoms with Crippen LogP contribution in [0.25, 0.3) is 0 Å². The van der Waals surface area contributed by atoms with Gasteiger partial charge >= 0.3 is 0 Å². The maximum absolute atomic E-state index is 5.28. The second kappa shape index (κ2) is 11.0. The van der Waals surface area contributed by atoms with Gasteiger partial charge in [-0.25, -0.2) is 0 Å². The van der Waals surface area contributed by atoms with Crippen molar-refractivity contribution in [2.75, 3.05) is 27.2 Å². The fourth-order valence-corrected chi connectivity index (χ4v) is 3.26. The molecule has 25 heavy (non-hydrogen) atoms. The first-order valence-electron chi connectivity index (χ1n) is 9.23. The first kappa shape index (κ1) is 22.2. The minimum atomic E-state index is 0. The van der Waals surface area contributed by atoms with E-state index in [0.717, 1.165) is 36.7 Å². The van der Waals surface area contributed by atoms with Crippen molar-refractivity contribution in [1.29, 1.82) is 0 Å². The average Bonchev–Trinajstić information content (AvgIpc) is 3.03. The van der Waals surface area contributed by atoms with Gasteiger partial charge in [-0.15, -0.1) is 24.0 Å². The number of guanidine groups is 1. The number of aliphatic imine (C=N–C) groups is 1. The van der Waals surface area contributed by atoms with Crippen LogP contribution >= 0.6 is 24.0 Å². The number of nitrogens with one attached hydrogen (secondary N) is 1. The Labute approximate surface area is 169 Å². The summed E-state index contributed by atoms with van der Waals surface area (Å²) in [6.45, 7) is 8.32.